The largest absolute Gasteiger partial charge is 0.447 e. The van der Waals surface area contributed by atoms with Crippen LogP contribution in [0.1, 0.15) is 46.0 Å². The number of halogens is 1. The number of ketones is 1. The molecule has 4 aliphatic carbocycles. The Morgan fingerprint density at radius 3 is 2.81 bits per heavy atom. The van der Waals surface area contributed by atoms with Gasteiger partial charge in [-0.15, -0.1) is 0 Å². The van der Waals surface area contributed by atoms with Crippen LogP contribution >= 0.6 is 11.6 Å². The number of hydrogen-bond acceptors (Lipinski definition) is 5. The van der Waals surface area contributed by atoms with E-state index in [4.69, 9.17) is 16.3 Å². The van der Waals surface area contributed by atoms with E-state index in [1.165, 1.54) is 0 Å². The molecule has 0 saturated heterocycles. The number of rotatable bonds is 2. The van der Waals surface area contributed by atoms with Crippen molar-refractivity contribution in [2.45, 2.75) is 57.7 Å². The van der Waals surface area contributed by atoms with E-state index in [0.29, 0.717) is 12.8 Å². The lowest BCUT2D eigenvalue weighted by Crippen LogP contribution is -2.61. The van der Waals surface area contributed by atoms with Crippen LogP contribution in [0, 0.1) is 28.6 Å². The van der Waals surface area contributed by atoms with Gasteiger partial charge in [0.2, 0.25) is 0 Å². The number of aliphatic hydroxyl groups excluding tert-OH is 1. The van der Waals surface area contributed by atoms with E-state index >= 15 is 0 Å². The first-order valence-corrected chi connectivity index (χ1v) is 10.3. The van der Waals surface area contributed by atoms with E-state index in [9.17, 15) is 19.8 Å². The summed E-state index contributed by atoms with van der Waals surface area (Å²) in [5, 5.41) is 22.5. The van der Waals surface area contributed by atoms with Crippen molar-refractivity contribution in [3.05, 3.63) is 23.8 Å². The van der Waals surface area contributed by atoms with Gasteiger partial charge in [0, 0.05) is 16.7 Å². The molecule has 0 aromatic rings. The Morgan fingerprint density at radius 2 is 2.11 bits per heavy atom. The second-order valence-electron chi connectivity index (χ2n) is 9.15. The fourth-order valence-corrected chi connectivity index (χ4v) is 6.93. The van der Waals surface area contributed by atoms with Crippen molar-refractivity contribution in [3.63, 3.8) is 0 Å². The Bertz CT molecular complexity index is 745. The van der Waals surface area contributed by atoms with Gasteiger partial charge in [0.05, 0.1) is 6.10 Å². The number of carbonyl (C=O) groups is 2. The third kappa shape index (κ3) is 2.44. The molecule has 0 radical (unpaired) electrons. The van der Waals surface area contributed by atoms with Crippen LogP contribution in [0.4, 0.5) is 0 Å². The molecule has 0 aliphatic heterocycles. The van der Waals surface area contributed by atoms with Gasteiger partial charge in [0.25, 0.3) is 0 Å². The lowest BCUT2D eigenvalue weighted by Gasteiger charge is -2.59. The summed E-state index contributed by atoms with van der Waals surface area (Å²) in [7, 11) is 0. The topological polar surface area (TPSA) is 83.8 Å². The number of alkyl halides is 1. The van der Waals surface area contributed by atoms with Crippen molar-refractivity contribution < 1.29 is 24.5 Å². The molecule has 5 unspecified atom stereocenters. The minimum absolute atomic E-state index is 0.00937. The smallest absolute Gasteiger partial charge is 0.339 e. The van der Waals surface area contributed by atoms with Gasteiger partial charge < -0.3 is 14.9 Å². The third-order valence-electron chi connectivity index (χ3n) is 8.17. The second-order valence-corrected chi connectivity index (χ2v) is 9.37. The monoisotopic (exact) mass is 394 g/mol. The van der Waals surface area contributed by atoms with Crippen LogP contribution in [-0.4, -0.2) is 39.7 Å². The Labute approximate surface area is 164 Å². The van der Waals surface area contributed by atoms with E-state index in [2.05, 4.69) is 6.92 Å². The standard InChI is InChI=1S/C21H27ClO5/c1-19-7-5-13(23)9-12(19)3-4-14-15-6-8-21(26,18(25)27-11-22)20(15,2)10-16(24)17(14)19/h5,7,9,14-17,24,26H,3-4,6,8,10-11H2,1-2H3/t14?,15?,16-,17?,19?,20?,21-/m0/s1. The van der Waals surface area contributed by atoms with Crippen LogP contribution in [0.3, 0.4) is 0 Å². The van der Waals surface area contributed by atoms with Gasteiger partial charge in [0.1, 0.15) is 0 Å². The molecule has 3 saturated carbocycles. The molecule has 0 amide bonds. The lowest BCUT2D eigenvalue weighted by atomic mass is 9.46. The summed E-state index contributed by atoms with van der Waals surface area (Å²) in [5.74, 6) is -0.403. The van der Waals surface area contributed by atoms with E-state index in [0.717, 1.165) is 24.8 Å². The Morgan fingerprint density at radius 1 is 1.37 bits per heavy atom. The zero-order valence-corrected chi connectivity index (χ0v) is 16.5. The van der Waals surface area contributed by atoms with Crippen LogP contribution in [0.2, 0.25) is 0 Å². The highest BCUT2D eigenvalue weighted by Crippen LogP contribution is 2.67. The van der Waals surface area contributed by atoms with E-state index < -0.39 is 23.1 Å². The van der Waals surface area contributed by atoms with Gasteiger partial charge in [-0.25, -0.2) is 4.79 Å². The van der Waals surface area contributed by atoms with Gasteiger partial charge in [-0.05, 0) is 56.1 Å². The lowest BCUT2D eigenvalue weighted by molar-refractivity contribution is -0.195. The number of allylic oxidation sites excluding steroid dienone is 4. The fraction of sp³-hybridized carbons (Fsp3) is 0.714. The summed E-state index contributed by atoms with van der Waals surface area (Å²) < 4.78 is 4.97. The van der Waals surface area contributed by atoms with Crippen LogP contribution in [0.25, 0.3) is 0 Å². The Kier molecular flexibility index (Phi) is 4.37. The molecule has 0 bridgehead atoms. The molecular weight excluding hydrogens is 368 g/mol. The zero-order valence-electron chi connectivity index (χ0n) is 15.8. The fourth-order valence-electron chi connectivity index (χ4n) is 6.83. The SMILES string of the molecule is CC12C=CC(=O)C=C1CCC1C2[C@@H](O)CC2(C)C1CC[C@]2(O)C(=O)OCCl. The Hall–Kier alpha value is -1.17. The summed E-state index contributed by atoms with van der Waals surface area (Å²) >= 11 is 5.56. The van der Waals surface area contributed by atoms with Crippen molar-refractivity contribution in [2.24, 2.45) is 28.6 Å². The molecule has 0 heterocycles. The average Bonchev–Trinajstić information content (AvgIpc) is 2.87. The number of carbonyl (C=O) groups excluding carboxylic acids is 2. The first-order valence-electron chi connectivity index (χ1n) is 9.75. The van der Waals surface area contributed by atoms with Gasteiger partial charge >= 0.3 is 5.97 Å². The number of aliphatic hydroxyl groups is 2. The minimum atomic E-state index is -1.62. The van der Waals surface area contributed by atoms with Gasteiger partial charge in [-0.1, -0.05) is 37.1 Å². The first kappa shape index (κ1) is 19.2. The molecule has 148 valence electrons. The number of hydrogen-bond donors (Lipinski definition) is 2. The number of esters is 1. The third-order valence-corrected chi connectivity index (χ3v) is 8.28. The van der Waals surface area contributed by atoms with Crippen molar-refractivity contribution in [3.8, 4) is 0 Å². The summed E-state index contributed by atoms with van der Waals surface area (Å²) in [6.07, 6.45) is 7.64. The molecule has 2 N–H and O–H groups in total. The predicted molar refractivity (Wildman–Crippen MR) is 99.8 cm³/mol. The molecule has 5 nitrogen and oxygen atoms in total. The predicted octanol–water partition coefficient (Wildman–Crippen LogP) is 2.74. The van der Waals surface area contributed by atoms with Crippen LogP contribution in [0.5, 0.6) is 0 Å². The quantitative estimate of drug-likeness (QED) is 0.555. The highest BCUT2D eigenvalue weighted by atomic mass is 35.5. The number of ether oxygens (including phenoxy) is 1. The average molecular weight is 395 g/mol. The molecular formula is C21H27ClO5. The molecule has 0 spiro atoms. The molecule has 4 aliphatic rings. The van der Waals surface area contributed by atoms with Crippen molar-refractivity contribution in [1.82, 2.24) is 0 Å². The molecule has 7 atom stereocenters. The summed E-state index contributed by atoms with van der Waals surface area (Å²) in [4.78, 5) is 24.4. The van der Waals surface area contributed by atoms with Crippen molar-refractivity contribution in [2.75, 3.05) is 6.07 Å². The van der Waals surface area contributed by atoms with E-state index in [-0.39, 0.29) is 35.0 Å². The molecule has 27 heavy (non-hydrogen) atoms. The minimum Gasteiger partial charge on any atom is -0.447 e. The van der Waals surface area contributed by atoms with E-state index in [1.54, 1.807) is 12.2 Å². The molecule has 4 rings (SSSR count). The molecule has 0 aromatic heterocycles. The maximum Gasteiger partial charge on any atom is 0.339 e. The van der Waals surface area contributed by atoms with Gasteiger partial charge in [0.15, 0.2) is 17.5 Å². The number of fused-ring (bicyclic) bond motifs is 5. The molecule has 6 heteroatoms. The summed E-state index contributed by atoms with van der Waals surface area (Å²) in [6, 6.07) is -0.290. The van der Waals surface area contributed by atoms with Gasteiger partial charge in [-0.2, -0.15) is 0 Å². The van der Waals surface area contributed by atoms with Crippen molar-refractivity contribution >= 4 is 23.4 Å². The zero-order chi connectivity index (χ0) is 19.6. The van der Waals surface area contributed by atoms with Crippen molar-refractivity contribution in [1.29, 1.82) is 0 Å². The maximum atomic E-state index is 12.5. The maximum absolute atomic E-state index is 12.5. The Balaban J connectivity index is 1.72. The molecule has 0 aromatic carbocycles. The van der Waals surface area contributed by atoms with Gasteiger partial charge in [-0.3, -0.25) is 4.79 Å². The van der Waals surface area contributed by atoms with E-state index in [1.807, 2.05) is 13.0 Å². The first-order chi connectivity index (χ1) is 12.7. The van der Waals surface area contributed by atoms with Crippen LogP contribution in [0.15, 0.2) is 23.8 Å². The summed E-state index contributed by atoms with van der Waals surface area (Å²) in [5.41, 5.74) is -1.63. The summed E-state index contributed by atoms with van der Waals surface area (Å²) in [6.45, 7) is 4.01. The highest BCUT2D eigenvalue weighted by Gasteiger charge is 2.68. The second kappa shape index (κ2) is 6.16. The molecule has 3 fully saturated rings. The van der Waals surface area contributed by atoms with Crippen LogP contribution in [-0.2, 0) is 14.3 Å². The highest BCUT2D eigenvalue weighted by molar-refractivity contribution is 6.17. The normalized spacial score (nSPS) is 48.3. The van der Waals surface area contributed by atoms with Crippen LogP contribution < -0.4 is 0 Å².